The van der Waals surface area contributed by atoms with Crippen LogP contribution in [0.4, 0.5) is 4.39 Å². The van der Waals surface area contributed by atoms with Crippen molar-refractivity contribution in [3.8, 4) is 0 Å². The predicted molar refractivity (Wildman–Crippen MR) is 123 cm³/mol. The van der Waals surface area contributed by atoms with Crippen LogP contribution in [0.1, 0.15) is 19.8 Å². The van der Waals surface area contributed by atoms with E-state index in [9.17, 15) is 17.6 Å². The molecule has 0 unspecified atom stereocenters. The number of benzene rings is 1. The number of ether oxygens (including phenoxy) is 1. The molecule has 1 amide bonds. The van der Waals surface area contributed by atoms with Gasteiger partial charge in [-0.15, -0.1) is 11.3 Å². The molecule has 1 aromatic carbocycles. The van der Waals surface area contributed by atoms with Crippen molar-refractivity contribution in [2.45, 2.75) is 30.5 Å². The first kappa shape index (κ1) is 23.2. The molecule has 3 aromatic rings. The van der Waals surface area contributed by atoms with Crippen LogP contribution in [0.5, 0.6) is 0 Å². The number of fused-ring (bicyclic) bond motifs is 1. The second-order valence-electron chi connectivity index (χ2n) is 7.38. The lowest BCUT2D eigenvalue weighted by Crippen LogP contribution is -2.40. The molecule has 2 aromatic heterocycles. The zero-order valence-corrected chi connectivity index (χ0v) is 20.0. The van der Waals surface area contributed by atoms with Crippen LogP contribution in [0, 0.1) is 11.7 Å². The number of piperidine rings is 1. The largest absolute Gasteiger partial charge is 0.380 e. The number of carbonyl (C=O) groups excluding carboxylic acids is 1. The van der Waals surface area contributed by atoms with Crippen molar-refractivity contribution in [1.29, 1.82) is 0 Å². The van der Waals surface area contributed by atoms with E-state index in [2.05, 4.69) is 4.99 Å². The van der Waals surface area contributed by atoms with Crippen molar-refractivity contribution >= 4 is 48.8 Å². The molecule has 0 bridgehead atoms. The van der Waals surface area contributed by atoms with Crippen LogP contribution in [0.2, 0.25) is 0 Å². The summed E-state index contributed by atoms with van der Waals surface area (Å²) >= 11 is 2.45. The quantitative estimate of drug-likeness (QED) is 0.468. The Morgan fingerprint density at radius 1 is 1.25 bits per heavy atom. The van der Waals surface area contributed by atoms with E-state index in [1.54, 1.807) is 34.2 Å². The Hall–Kier alpha value is -1.92. The van der Waals surface area contributed by atoms with Gasteiger partial charge in [-0.3, -0.25) is 4.79 Å². The average Bonchev–Trinajstić information content (AvgIpc) is 3.44. The summed E-state index contributed by atoms with van der Waals surface area (Å²) in [7, 11) is -3.52. The lowest BCUT2D eigenvalue weighted by molar-refractivity contribution is -0.122. The minimum absolute atomic E-state index is 0.275. The Morgan fingerprint density at radius 2 is 2.03 bits per heavy atom. The highest BCUT2D eigenvalue weighted by Gasteiger charge is 2.32. The Kier molecular flexibility index (Phi) is 7.21. The summed E-state index contributed by atoms with van der Waals surface area (Å²) in [6.07, 6.45) is 0.816. The Morgan fingerprint density at radius 3 is 2.72 bits per heavy atom. The van der Waals surface area contributed by atoms with Gasteiger partial charge in [0, 0.05) is 32.2 Å². The fraction of sp³-hybridized carbons (Fsp3) is 0.429. The molecule has 172 valence electrons. The van der Waals surface area contributed by atoms with Gasteiger partial charge in [-0.2, -0.15) is 9.30 Å². The maximum absolute atomic E-state index is 14.5. The highest BCUT2D eigenvalue weighted by molar-refractivity contribution is 7.91. The van der Waals surface area contributed by atoms with Gasteiger partial charge < -0.3 is 9.30 Å². The molecular weight excluding hydrogens is 473 g/mol. The Labute approximate surface area is 193 Å². The van der Waals surface area contributed by atoms with Gasteiger partial charge >= 0.3 is 0 Å². The summed E-state index contributed by atoms with van der Waals surface area (Å²) in [6, 6.07) is 8.13. The van der Waals surface area contributed by atoms with Crippen LogP contribution in [0.3, 0.4) is 0 Å². The first-order valence-corrected chi connectivity index (χ1v) is 13.5. The summed E-state index contributed by atoms with van der Waals surface area (Å²) in [6.45, 7) is 3.75. The second kappa shape index (κ2) is 9.92. The van der Waals surface area contributed by atoms with Gasteiger partial charge in [0.25, 0.3) is 15.9 Å². The van der Waals surface area contributed by atoms with Crippen molar-refractivity contribution in [2.24, 2.45) is 10.9 Å². The Balaban J connectivity index is 1.54. The van der Waals surface area contributed by atoms with E-state index >= 15 is 0 Å². The average molecular weight is 498 g/mol. The summed E-state index contributed by atoms with van der Waals surface area (Å²) < 4.78 is 49.5. The number of halogens is 1. The number of hydrogen-bond donors (Lipinski definition) is 0. The highest BCUT2D eigenvalue weighted by Crippen LogP contribution is 2.27. The summed E-state index contributed by atoms with van der Waals surface area (Å²) in [5, 5.41) is 1.73. The fourth-order valence-electron chi connectivity index (χ4n) is 3.75. The molecule has 1 aliphatic rings. The van der Waals surface area contributed by atoms with E-state index < -0.39 is 10.0 Å². The van der Waals surface area contributed by atoms with E-state index in [-0.39, 0.29) is 30.7 Å². The normalized spacial score (nSPS) is 16.8. The third kappa shape index (κ3) is 4.72. The highest BCUT2D eigenvalue weighted by atomic mass is 32.2. The molecule has 0 radical (unpaired) electrons. The van der Waals surface area contributed by atoms with Gasteiger partial charge in [0.1, 0.15) is 10.0 Å². The lowest BCUT2D eigenvalue weighted by atomic mass is 9.98. The standard InChI is InChI=1S/C21H24FN3O4S3/c1-2-29-13-12-25-19-16(22)5-3-6-17(19)31-21(25)23-20(26)15-8-10-24(11-9-15)32(27,28)18-7-4-14-30-18/h3-7,14-15H,2,8-13H2,1H3. The van der Waals surface area contributed by atoms with Crippen molar-refractivity contribution < 1.29 is 22.3 Å². The number of hydrogen-bond acceptors (Lipinski definition) is 6. The smallest absolute Gasteiger partial charge is 0.252 e. The molecule has 1 saturated heterocycles. The number of para-hydroxylation sites is 1. The first-order chi connectivity index (χ1) is 15.4. The van der Waals surface area contributed by atoms with Gasteiger partial charge in [-0.05, 0) is 43.3 Å². The second-order valence-corrected chi connectivity index (χ2v) is 11.5. The van der Waals surface area contributed by atoms with Gasteiger partial charge in [-0.1, -0.05) is 23.5 Å². The van der Waals surface area contributed by atoms with Crippen LogP contribution < -0.4 is 4.80 Å². The van der Waals surface area contributed by atoms with E-state index in [0.29, 0.717) is 51.8 Å². The zero-order valence-electron chi connectivity index (χ0n) is 17.6. The number of thiazole rings is 1. The summed E-state index contributed by atoms with van der Waals surface area (Å²) in [5.74, 6) is -1.02. The van der Waals surface area contributed by atoms with E-state index in [4.69, 9.17) is 4.74 Å². The van der Waals surface area contributed by atoms with Crippen molar-refractivity contribution in [3.63, 3.8) is 0 Å². The molecule has 0 N–H and O–H groups in total. The van der Waals surface area contributed by atoms with Crippen molar-refractivity contribution in [2.75, 3.05) is 26.3 Å². The molecule has 32 heavy (non-hydrogen) atoms. The molecule has 0 spiro atoms. The number of aromatic nitrogens is 1. The van der Waals surface area contributed by atoms with Crippen LogP contribution in [-0.2, 0) is 26.1 Å². The van der Waals surface area contributed by atoms with Gasteiger partial charge in [0.2, 0.25) is 0 Å². The van der Waals surface area contributed by atoms with Gasteiger partial charge in [0.15, 0.2) is 4.80 Å². The molecule has 0 aliphatic carbocycles. The molecule has 1 aliphatic heterocycles. The Bertz CT molecular complexity index is 1260. The SMILES string of the molecule is CCOCCn1c(=NC(=O)C2CCN(S(=O)(=O)c3cccs3)CC2)sc2cccc(F)c21. The number of amides is 1. The zero-order chi connectivity index (χ0) is 22.7. The minimum Gasteiger partial charge on any atom is -0.380 e. The van der Waals surface area contributed by atoms with E-state index in [1.165, 1.54) is 33.0 Å². The van der Waals surface area contributed by atoms with Crippen LogP contribution in [0.25, 0.3) is 10.2 Å². The maximum atomic E-state index is 14.5. The van der Waals surface area contributed by atoms with Crippen molar-refractivity contribution in [1.82, 2.24) is 8.87 Å². The van der Waals surface area contributed by atoms with E-state index in [0.717, 1.165) is 0 Å². The number of sulfonamides is 1. The van der Waals surface area contributed by atoms with Crippen molar-refractivity contribution in [3.05, 3.63) is 46.3 Å². The maximum Gasteiger partial charge on any atom is 0.252 e. The molecule has 1 fully saturated rings. The van der Waals surface area contributed by atoms with Gasteiger partial charge in [0.05, 0.1) is 16.8 Å². The monoisotopic (exact) mass is 497 g/mol. The number of thiophene rings is 1. The van der Waals surface area contributed by atoms with Crippen LogP contribution >= 0.6 is 22.7 Å². The van der Waals surface area contributed by atoms with Crippen LogP contribution in [0.15, 0.2) is 44.9 Å². The molecule has 0 saturated carbocycles. The number of rotatable bonds is 7. The molecule has 0 atom stereocenters. The molecule has 7 nitrogen and oxygen atoms in total. The third-order valence-electron chi connectivity index (χ3n) is 5.41. The number of nitrogens with zero attached hydrogens (tertiary/aromatic N) is 3. The first-order valence-electron chi connectivity index (χ1n) is 10.4. The predicted octanol–water partition coefficient (Wildman–Crippen LogP) is 3.47. The molecular formula is C21H24FN3O4S3. The summed E-state index contributed by atoms with van der Waals surface area (Å²) in [5.41, 5.74) is 0.417. The third-order valence-corrected chi connectivity index (χ3v) is 9.73. The topological polar surface area (TPSA) is 81.0 Å². The van der Waals surface area contributed by atoms with Gasteiger partial charge in [-0.25, -0.2) is 12.8 Å². The summed E-state index contributed by atoms with van der Waals surface area (Å²) in [4.78, 5) is 17.7. The molecule has 3 heterocycles. The number of carbonyl (C=O) groups is 1. The van der Waals surface area contributed by atoms with Crippen LogP contribution in [-0.4, -0.2) is 49.5 Å². The lowest BCUT2D eigenvalue weighted by Gasteiger charge is -2.29. The molecule has 4 rings (SSSR count). The fourth-order valence-corrected chi connectivity index (χ4v) is 7.44. The minimum atomic E-state index is -3.52. The van der Waals surface area contributed by atoms with E-state index in [1.807, 2.05) is 6.92 Å². The molecule has 11 heteroatoms.